The van der Waals surface area contributed by atoms with Gasteiger partial charge in [-0.25, -0.2) is 0 Å². The molecular formula is C10H8N2O3. The highest BCUT2D eigenvalue weighted by Crippen LogP contribution is 2.22. The number of carbonyl (C=O) groups is 1. The molecule has 0 radical (unpaired) electrons. The molecule has 0 aliphatic carbocycles. The van der Waals surface area contributed by atoms with Crippen LogP contribution in [0.1, 0.15) is 10.6 Å². The molecule has 0 spiro atoms. The van der Waals surface area contributed by atoms with Crippen molar-refractivity contribution in [1.29, 1.82) is 0 Å². The summed E-state index contributed by atoms with van der Waals surface area (Å²) in [4.78, 5) is 14.6. The van der Waals surface area contributed by atoms with Gasteiger partial charge in [-0.15, -0.1) is 0 Å². The summed E-state index contributed by atoms with van der Waals surface area (Å²) in [5.74, 6) is 0.171. The molecule has 0 aromatic carbocycles. The van der Waals surface area contributed by atoms with Crippen LogP contribution < -0.4 is 10.5 Å². The molecule has 0 saturated heterocycles. The molecule has 2 N–H and O–H groups in total. The number of rotatable bonds is 3. The fourth-order valence-electron chi connectivity index (χ4n) is 1.03. The number of carbonyl (C=O) groups excluding carboxylic acids is 1. The Balaban J connectivity index is 2.15. The highest BCUT2D eigenvalue weighted by Gasteiger charge is 2.08. The molecule has 0 aliphatic rings. The van der Waals surface area contributed by atoms with Crippen molar-refractivity contribution in [2.75, 3.05) is 0 Å². The Morgan fingerprint density at radius 3 is 2.87 bits per heavy atom. The van der Waals surface area contributed by atoms with Crippen molar-refractivity contribution in [3.63, 3.8) is 0 Å². The molecule has 0 unspecified atom stereocenters. The molecule has 0 saturated carbocycles. The van der Waals surface area contributed by atoms with E-state index in [0.717, 1.165) is 0 Å². The number of furan rings is 1. The highest BCUT2D eigenvalue weighted by atomic mass is 16.6. The van der Waals surface area contributed by atoms with Crippen LogP contribution in [0.25, 0.3) is 0 Å². The standard InChI is InChI=1S/C10H8N2O3/c11-10(13)8-3-4-9(15-8)14-7-2-1-5-12-6-7/h1-6H,(H2,11,13). The first kappa shape index (κ1) is 9.26. The highest BCUT2D eigenvalue weighted by molar-refractivity contribution is 5.89. The van der Waals surface area contributed by atoms with Crippen LogP contribution in [-0.4, -0.2) is 10.9 Å². The molecule has 0 bridgehead atoms. The number of amides is 1. The summed E-state index contributed by atoms with van der Waals surface area (Å²) in [6.45, 7) is 0. The molecule has 5 nitrogen and oxygen atoms in total. The number of aromatic nitrogens is 1. The van der Waals surface area contributed by atoms with Crippen LogP contribution in [0.4, 0.5) is 0 Å². The van der Waals surface area contributed by atoms with Crippen molar-refractivity contribution in [2.45, 2.75) is 0 Å². The van der Waals surface area contributed by atoms with Gasteiger partial charge >= 0.3 is 0 Å². The van der Waals surface area contributed by atoms with E-state index < -0.39 is 5.91 Å². The number of hydrogen-bond acceptors (Lipinski definition) is 4. The smallest absolute Gasteiger partial charge is 0.290 e. The third kappa shape index (κ3) is 2.14. The number of primary amides is 1. The average molecular weight is 204 g/mol. The largest absolute Gasteiger partial charge is 0.424 e. The second-order valence-corrected chi connectivity index (χ2v) is 2.77. The summed E-state index contributed by atoms with van der Waals surface area (Å²) >= 11 is 0. The van der Waals surface area contributed by atoms with Gasteiger partial charge in [-0.3, -0.25) is 9.78 Å². The summed E-state index contributed by atoms with van der Waals surface area (Å²) in [5.41, 5.74) is 5.02. The van der Waals surface area contributed by atoms with Crippen molar-refractivity contribution in [1.82, 2.24) is 4.98 Å². The molecule has 0 fully saturated rings. The van der Waals surface area contributed by atoms with Gasteiger partial charge in [-0.1, -0.05) is 0 Å². The molecule has 0 atom stereocenters. The van der Waals surface area contributed by atoms with Crippen LogP contribution in [0.5, 0.6) is 11.7 Å². The zero-order valence-electron chi connectivity index (χ0n) is 7.71. The lowest BCUT2D eigenvalue weighted by molar-refractivity contribution is 0.0969. The molecule has 2 aromatic heterocycles. The monoisotopic (exact) mass is 204 g/mol. The number of nitrogens with two attached hydrogens (primary N) is 1. The van der Waals surface area contributed by atoms with E-state index in [1.165, 1.54) is 18.3 Å². The van der Waals surface area contributed by atoms with Crippen LogP contribution in [0.15, 0.2) is 41.1 Å². The predicted molar refractivity (Wildman–Crippen MR) is 51.5 cm³/mol. The third-order valence-electron chi connectivity index (χ3n) is 1.68. The van der Waals surface area contributed by atoms with Crippen LogP contribution >= 0.6 is 0 Å². The summed E-state index contributed by atoms with van der Waals surface area (Å²) < 4.78 is 10.3. The first-order valence-electron chi connectivity index (χ1n) is 4.23. The summed E-state index contributed by atoms with van der Waals surface area (Å²) in [7, 11) is 0. The maximum absolute atomic E-state index is 10.7. The van der Waals surface area contributed by atoms with Gasteiger partial charge in [-0.2, -0.15) is 0 Å². The van der Waals surface area contributed by atoms with Crippen LogP contribution in [0.3, 0.4) is 0 Å². The van der Waals surface area contributed by atoms with Gasteiger partial charge in [0.1, 0.15) is 5.75 Å². The SMILES string of the molecule is NC(=O)c1ccc(Oc2cccnc2)o1. The van der Waals surface area contributed by atoms with Crippen molar-refractivity contribution in [3.8, 4) is 11.7 Å². The van der Waals surface area contributed by atoms with Crippen molar-refractivity contribution >= 4 is 5.91 Å². The van der Waals surface area contributed by atoms with Gasteiger partial charge in [0.05, 0.1) is 6.20 Å². The van der Waals surface area contributed by atoms with E-state index in [1.807, 2.05) is 0 Å². The lowest BCUT2D eigenvalue weighted by Crippen LogP contribution is -2.09. The van der Waals surface area contributed by atoms with Gasteiger partial charge in [0.15, 0.2) is 5.76 Å². The molecule has 1 amide bonds. The number of pyridine rings is 1. The number of ether oxygens (including phenoxy) is 1. The lowest BCUT2D eigenvalue weighted by atomic mass is 10.4. The van der Waals surface area contributed by atoms with Crippen LogP contribution in [0, 0.1) is 0 Å². The van der Waals surface area contributed by atoms with Gasteiger partial charge in [0.25, 0.3) is 11.9 Å². The minimum atomic E-state index is -0.629. The maximum atomic E-state index is 10.7. The minimum absolute atomic E-state index is 0.0638. The molecular weight excluding hydrogens is 196 g/mol. The Morgan fingerprint density at radius 1 is 1.40 bits per heavy atom. The maximum Gasteiger partial charge on any atom is 0.290 e. The van der Waals surface area contributed by atoms with E-state index in [4.69, 9.17) is 14.9 Å². The fourth-order valence-corrected chi connectivity index (χ4v) is 1.03. The second-order valence-electron chi connectivity index (χ2n) is 2.77. The molecule has 76 valence electrons. The molecule has 5 heteroatoms. The van der Waals surface area contributed by atoms with Crippen LogP contribution in [0.2, 0.25) is 0 Å². The predicted octanol–water partition coefficient (Wildman–Crippen LogP) is 1.57. The molecule has 2 aromatic rings. The Labute approximate surface area is 85.5 Å². The van der Waals surface area contributed by atoms with E-state index in [9.17, 15) is 4.79 Å². The fraction of sp³-hybridized carbons (Fsp3) is 0. The van der Waals surface area contributed by atoms with Gasteiger partial charge in [0.2, 0.25) is 0 Å². The van der Waals surface area contributed by atoms with E-state index in [0.29, 0.717) is 5.75 Å². The van der Waals surface area contributed by atoms with Crippen molar-refractivity contribution < 1.29 is 13.9 Å². The van der Waals surface area contributed by atoms with Crippen molar-refractivity contribution in [3.05, 3.63) is 42.4 Å². The zero-order chi connectivity index (χ0) is 10.7. The Hall–Kier alpha value is -2.30. The quantitative estimate of drug-likeness (QED) is 0.822. The molecule has 15 heavy (non-hydrogen) atoms. The first-order valence-corrected chi connectivity index (χ1v) is 4.23. The van der Waals surface area contributed by atoms with E-state index >= 15 is 0 Å². The average Bonchev–Trinajstić information content (AvgIpc) is 2.68. The van der Waals surface area contributed by atoms with Crippen LogP contribution in [-0.2, 0) is 0 Å². The third-order valence-corrected chi connectivity index (χ3v) is 1.68. The Morgan fingerprint density at radius 2 is 2.27 bits per heavy atom. The second kappa shape index (κ2) is 3.83. The minimum Gasteiger partial charge on any atom is -0.424 e. The van der Waals surface area contributed by atoms with E-state index in [1.54, 1.807) is 18.3 Å². The van der Waals surface area contributed by atoms with Gasteiger partial charge in [0, 0.05) is 12.3 Å². The number of hydrogen-bond donors (Lipinski definition) is 1. The van der Waals surface area contributed by atoms with E-state index in [2.05, 4.69) is 4.98 Å². The summed E-state index contributed by atoms with van der Waals surface area (Å²) in [6, 6.07) is 6.42. The normalized spacial score (nSPS) is 9.87. The van der Waals surface area contributed by atoms with Crippen molar-refractivity contribution in [2.24, 2.45) is 5.73 Å². The molecule has 2 rings (SSSR count). The lowest BCUT2D eigenvalue weighted by Gasteiger charge is -1.99. The summed E-state index contributed by atoms with van der Waals surface area (Å²) in [5, 5.41) is 0. The molecule has 2 heterocycles. The first-order chi connectivity index (χ1) is 7.25. The Kier molecular flexibility index (Phi) is 2.37. The Bertz CT molecular complexity index is 465. The number of nitrogens with zero attached hydrogens (tertiary/aromatic N) is 1. The topological polar surface area (TPSA) is 78.4 Å². The molecule has 0 aliphatic heterocycles. The van der Waals surface area contributed by atoms with Gasteiger partial charge in [-0.05, 0) is 18.2 Å². The van der Waals surface area contributed by atoms with Gasteiger partial charge < -0.3 is 14.9 Å². The zero-order valence-corrected chi connectivity index (χ0v) is 7.71. The summed E-state index contributed by atoms with van der Waals surface area (Å²) in [6.07, 6.45) is 3.16. The van der Waals surface area contributed by atoms with E-state index in [-0.39, 0.29) is 11.7 Å².